The number of aryl methyl sites for hydroxylation is 1. The Kier molecular flexibility index (Phi) is 7.40. The average molecular weight is 471 g/mol. The Morgan fingerprint density at radius 2 is 1.47 bits per heavy atom. The van der Waals surface area contributed by atoms with Gasteiger partial charge in [0.05, 0.1) is 0 Å². The Balaban J connectivity index is 1.54. The second-order valence-electron chi connectivity index (χ2n) is 7.70. The third-order valence-electron chi connectivity index (χ3n) is 5.19. The van der Waals surface area contributed by atoms with Crippen molar-refractivity contribution < 1.29 is 14.0 Å². The molecule has 34 heavy (non-hydrogen) atoms. The Morgan fingerprint density at radius 1 is 0.765 bits per heavy atom. The number of carbonyl (C=O) groups is 2. The molecule has 2 N–H and O–H groups in total. The van der Waals surface area contributed by atoms with Gasteiger partial charge in [0.25, 0.3) is 5.91 Å². The predicted molar refractivity (Wildman–Crippen MR) is 136 cm³/mol. The fourth-order valence-electron chi connectivity index (χ4n) is 3.45. The lowest BCUT2D eigenvalue weighted by atomic mass is 10.1. The summed E-state index contributed by atoms with van der Waals surface area (Å²) in [6, 6.07) is 29.9. The highest BCUT2D eigenvalue weighted by atomic mass is 32.2. The van der Waals surface area contributed by atoms with Gasteiger partial charge in [-0.3, -0.25) is 9.59 Å². The first-order valence-electron chi connectivity index (χ1n) is 10.7. The largest absolute Gasteiger partial charge is 0.325 e. The van der Waals surface area contributed by atoms with Gasteiger partial charge in [0, 0.05) is 21.8 Å². The van der Waals surface area contributed by atoms with E-state index < -0.39 is 5.25 Å². The molecule has 0 fully saturated rings. The molecule has 4 aromatic carbocycles. The molecule has 170 valence electrons. The van der Waals surface area contributed by atoms with Crippen molar-refractivity contribution in [1.29, 1.82) is 0 Å². The van der Waals surface area contributed by atoms with E-state index in [1.54, 1.807) is 6.07 Å². The number of carbonyl (C=O) groups excluding carboxylic acids is 2. The zero-order valence-corrected chi connectivity index (χ0v) is 19.3. The van der Waals surface area contributed by atoms with Gasteiger partial charge in [-0.25, -0.2) is 4.39 Å². The predicted octanol–water partition coefficient (Wildman–Crippen LogP) is 6.86. The van der Waals surface area contributed by atoms with Crippen LogP contribution in [0.1, 0.15) is 26.7 Å². The van der Waals surface area contributed by atoms with E-state index in [9.17, 15) is 14.0 Å². The monoisotopic (exact) mass is 470 g/mol. The van der Waals surface area contributed by atoms with Gasteiger partial charge in [0.15, 0.2) is 0 Å². The van der Waals surface area contributed by atoms with Gasteiger partial charge in [-0.15, -0.1) is 11.8 Å². The topological polar surface area (TPSA) is 58.2 Å². The van der Waals surface area contributed by atoms with E-state index in [4.69, 9.17) is 0 Å². The van der Waals surface area contributed by atoms with Gasteiger partial charge in [-0.2, -0.15) is 0 Å². The highest BCUT2D eigenvalue weighted by molar-refractivity contribution is 8.00. The molecule has 0 aliphatic carbocycles. The molecular formula is C28H23FN2O2S. The molecule has 0 saturated heterocycles. The fraction of sp³-hybridized carbons (Fsp3) is 0.0714. The molecule has 0 aliphatic heterocycles. The molecule has 2 amide bonds. The van der Waals surface area contributed by atoms with Crippen LogP contribution in [0.5, 0.6) is 0 Å². The van der Waals surface area contributed by atoms with Crippen LogP contribution < -0.4 is 10.6 Å². The van der Waals surface area contributed by atoms with Crippen molar-refractivity contribution >= 4 is 35.0 Å². The lowest BCUT2D eigenvalue weighted by Gasteiger charge is -2.18. The summed E-state index contributed by atoms with van der Waals surface area (Å²) in [6.45, 7) is 1.89. The first kappa shape index (κ1) is 23.3. The van der Waals surface area contributed by atoms with E-state index >= 15 is 0 Å². The van der Waals surface area contributed by atoms with Gasteiger partial charge in [0.1, 0.15) is 11.1 Å². The third-order valence-corrected chi connectivity index (χ3v) is 6.44. The highest BCUT2D eigenvalue weighted by Gasteiger charge is 2.22. The van der Waals surface area contributed by atoms with Gasteiger partial charge < -0.3 is 10.6 Å². The maximum atomic E-state index is 13.2. The molecule has 4 rings (SSSR count). The van der Waals surface area contributed by atoms with Crippen LogP contribution in [0.3, 0.4) is 0 Å². The molecule has 0 bridgehead atoms. The molecule has 4 aromatic rings. The van der Waals surface area contributed by atoms with Crippen LogP contribution in [0.4, 0.5) is 15.8 Å². The Morgan fingerprint density at radius 3 is 2.21 bits per heavy atom. The maximum Gasteiger partial charge on any atom is 0.255 e. The lowest BCUT2D eigenvalue weighted by Crippen LogP contribution is -2.19. The zero-order valence-electron chi connectivity index (χ0n) is 18.5. The summed E-state index contributed by atoms with van der Waals surface area (Å²) in [7, 11) is 0. The van der Waals surface area contributed by atoms with E-state index in [0.29, 0.717) is 16.9 Å². The summed E-state index contributed by atoms with van der Waals surface area (Å²) in [4.78, 5) is 26.7. The van der Waals surface area contributed by atoms with Gasteiger partial charge in [-0.1, -0.05) is 54.6 Å². The third kappa shape index (κ3) is 5.91. The van der Waals surface area contributed by atoms with E-state index in [0.717, 1.165) is 16.0 Å². The zero-order chi connectivity index (χ0) is 23.9. The number of anilines is 2. The second-order valence-corrected chi connectivity index (χ2v) is 8.88. The van der Waals surface area contributed by atoms with Crippen LogP contribution in [-0.4, -0.2) is 11.8 Å². The van der Waals surface area contributed by atoms with Crippen molar-refractivity contribution in [2.75, 3.05) is 10.6 Å². The van der Waals surface area contributed by atoms with E-state index in [2.05, 4.69) is 10.6 Å². The molecular weight excluding hydrogens is 447 g/mol. The van der Waals surface area contributed by atoms with Crippen LogP contribution >= 0.6 is 11.8 Å². The first-order chi connectivity index (χ1) is 16.5. The summed E-state index contributed by atoms with van der Waals surface area (Å²) in [5.41, 5.74) is 3.51. The smallest absolute Gasteiger partial charge is 0.255 e. The number of thioether (sulfide) groups is 1. The number of nitrogens with one attached hydrogen (secondary N) is 2. The van der Waals surface area contributed by atoms with Crippen molar-refractivity contribution in [2.45, 2.75) is 17.1 Å². The van der Waals surface area contributed by atoms with Crippen molar-refractivity contribution in [3.63, 3.8) is 0 Å². The number of rotatable bonds is 7. The van der Waals surface area contributed by atoms with Crippen LogP contribution in [0.25, 0.3) is 0 Å². The van der Waals surface area contributed by atoms with Crippen LogP contribution in [0, 0.1) is 12.7 Å². The van der Waals surface area contributed by atoms with E-state index in [1.165, 1.54) is 36.0 Å². The number of halogens is 1. The molecule has 0 saturated carbocycles. The first-order valence-corrected chi connectivity index (χ1v) is 11.6. The Hall–Kier alpha value is -3.90. The van der Waals surface area contributed by atoms with Crippen molar-refractivity contribution in [2.24, 2.45) is 0 Å². The summed E-state index contributed by atoms with van der Waals surface area (Å²) in [6.07, 6.45) is 0. The fourth-order valence-corrected chi connectivity index (χ4v) is 4.53. The lowest BCUT2D eigenvalue weighted by molar-refractivity contribution is -0.115. The molecule has 0 spiro atoms. The number of amides is 2. The van der Waals surface area contributed by atoms with Crippen molar-refractivity contribution in [1.82, 2.24) is 0 Å². The molecule has 6 heteroatoms. The minimum Gasteiger partial charge on any atom is -0.325 e. The van der Waals surface area contributed by atoms with Crippen LogP contribution in [0.2, 0.25) is 0 Å². The number of hydrogen-bond donors (Lipinski definition) is 2. The summed E-state index contributed by atoms with van der Waals surface area (Å²) < 4.78 is 13.2. The molecule has 0 radical (unpaired) electrons. The second kappa shape index (κ2) is 10.8. The Bertz CT molecular complexity index is 1290. The van der Waals surface area contributed by atoms with Crippen molar-refractivity contribution in [3.8, 4) is 0 Å². The molecule has 1 atom stereocenters. The van der Waals surface area contributed by atoms with Crippen molar-refractivity contribution in [3.05, 3.63) is 126 Å². The highest BCUT2D eigenvalue weighted by Crippen LogP contribution is 2.37. The number of hydrogen-bond acceptors (Lipinski definition) is 3. The molecule has 4 nitrogen and oxygen atoms in total. The minimum atomic E-state index is -0.548. The molecule has 0 aromatic heterocycles. The quantitative estimate of drug-likeness (QED) is 0.290. The number of benzene rings is 4. The van der Waals surface area contributed by atoms with Crippen LogP contribution in [0.15, 0.2) is 108 Å². The SMILES string of the molecule is Cc1ccccc1C(=O)Nc1cccc(SC(C(=O)Nc2ccc(F)cc2)c2ccccc2)c1. The van der Waals surface area contributed by atoms with Gasteiger partial charge in [0.2, 0.25) is 5.91 Å². The molecule has 0 heterocycles. The van der Waals surface area contributed by atoms with Gasteiger partial charge in [-0.05, 0) is 66.6 Å². The summed E-state index contributed by atoms with van der Waals surface area (Å²) in [5.74, 6) is -0.775. The minimum absolute atomic E-state index is 0.186. The maximum absolute atomic E-state index is 13.2. The summed E-state index contributed by atoms with van der Waals surface area (Å²) >= 11 is 1.38. The standard InChI is InChI=1S/C28H23FN2O2S/c1-19-8-5-6-13-25(19)27(32)31-23-11-7-12-24(18-23)34-26(20-9-3-2-4-10-20)28(33)30-22-16-14-21(29)15-17-22/h2-18,26H,1H3,(H,30,33)(H,31,32). The van der Waals surface area contributed by atoms with Crippen LogP contribution in [-0.2, 0) is 4.79 Å². The van der Waals surface area contributed by atoms with E-state index in [1.807, 2.05) is 79.7 Å². The molecule has 1 unspecified atom stereocenters. The van der Waals surface area contributed by atoms with E-state index in [-0.39, 0.29) is 17.6 Å². The van der Waals surface area contributed by atoms with Gasteiger partial charge >= 0.3 is 0 Å². The summed E-state index contributed by atoms with van der Waals surface area (Å²) in [5, 5.41) is 5.26. The molecule has 0 aliphatic rings. The normalized spacial score (nSPS) is 11.5. The Labute approximate surface area is 202 Å². The average Bonchev–Trinajstić information content (AvgIpc) is 2.85.